The molecule has 1 fully saturated rings. The van der Waals surface area contributed by atoms with Crippen molar-refractivity contribution in [3.05, 3.63) is 24.5 Å². The lowest BCUT2D eigenvalue weighted by Gasteiger charge is -2.34. The van der Waals surface area contributed by atoms with E-state index in [2.05, 4.69) is 29.5 Å². The summed E-state index contributed by atoms with van der Waals surface area (Å²) in [5.74, 6) is 0.954. The lowest BCUT2D eigenvalue weighted by molar-refractivity contribution is -0.125. The molecule has 2 amide bonds. The van der Waals surface area contributed by atoms with Crippen molar-refractivity contribution in [1.29, 1.82) is 0 Å². The molecule has 1 aromatic heterocycles. The summed E-state index contributed by atoms with van der Waals surface area (Å²) in [5, 5.41) is 5.82. The maximum Gasteiger partial charge on any atom is 0.224 e. The lowest BCUT2D eigenvalue weighted by atomic mass is 9.78. The zero-order valence-electron chi connectivity index (χ0n) is 13.3. The first-order valence-electron chi connectivity index (χ1n) is 8.05. The van der Waals surface area contributed by atoms with E-state index in [1.165, 1.54) is 6.42 Å². The molecule has 0 saturated heterocycles. The van der Waals surface area contributed by atoms with Crippen LogP contribution in [-0.2, 0) is 9.59 Å². The van der Waals surface area contributed by atoms with Crippen molar-refractivity contribution in [2.45, 2.75) is 52.0 Å². The van der Waals surface area contributed by atoms with Crippen LogP contribution in [0.25, 0.3) is 0 Å². The number of aromatic nitrogens is 1. The van der Waals surface area contributed by atoms with Gasteiger partial charge in [-0.25, -0.2) is 0 Å². The Labute approximate surface area is 131 Å². The first kappa shape index (κ1) is 16.5. The average Bonchev–Trinajstić information content (AvgIpc) is 2.51. The molecule has 1 aliphatic rings. The highest BCUT2D eigenvalue weighted by Gasteiger charge is 2.28. The second-order valence-corrected chi connectivity index (χ2v) is 6.23. The molecule has 1 aromatic rings. The molecule has 0 bridgehead atoms. The normalized spacial score (nSPS) is 24.5. The van der Waals surface area contributed by atoms with Gasteiger partial charge in [0.15, 0.2) is 0 Å². The standard InChI is InChI=1S/C17H25N3O2/c1-12-5-3-7-15(13(12)2)20-17(22)9-8-16(21)19-14-6-4-10-18-11-14/h4,6,10-13,15H,3,5,7-9H2,1-2H3,(H,19,21)(H,20,22)/t12-,13+,15-/m1/s1. The first-order valence-corrected chi connectivity index (χ1v) is 8.05. The Hall–Kier alpha value is -1.91. The predicted molar refractivity (Wildman–Crippen MR) is 86.2 cm³/mol. The van der Waals surface area contributed by atoms with Gasteiger partial charge in [-0.05, 0) is 30.4 Å². The van der Waals surface area contributed by atoms with Gasteiger partial charge in [0.1, 0.15) is 0 Å². The van der Waals surface area contributed by atoms with E-state index < -0.39 is 0 Å². The van der Waals surface area contributed by atoms with E-state index in [-0.39, 0.29) is 30.7 Å². The molecule has 0 radical (unpaired) electrons. The quantitative estimate of drug-likeness (QED) is 0.878. The lowest BCUT2D eigenvalue weighted by Crippen LogP contribution is -2.43. The van der Waals surface area contributed by atoms with Gasteiger partial charge in [0.05, 0.1) is 11.9 Å². The van der Waals surface area contributed by atoms with Gasteiger partial charge in [-0.2, -0.15) is 0 Å². The molecule has 2 N–H and O–H groups in total. The van der Waals surface area contributed by atoms with E-state index in [1.54, 1.807) is 24.5 Å². The van der Waals surface area contributed by atoms with Crippen molar-refractivity contribution in [2.75, 3.05) is 5.32 Å². The minimum absolute atomic E-state index is 0.0349. The summed E-state index contributed by atoms with van der Waals surface area (Å²) in [6.07, 6.45) is 7.09. The van der Waals surface area contributed by atoms with Crippen molar-refractivity contribution in [2.24, 2.45) is 11.8 Å². The van der Waals surface area contributed by atoms with E-state index in [4.69, 9.17) is 0 Å². The number of anilines is 1. The molecule has 0 spiro atoms. The number of amides is 2. The molecular weight excluding hydrogens is 278 g/mol. The van der Waals surface area contributed by atoms with Crippen molar-refractivity contribution >= 4 is 17.5 Å². The molecule has 0 aliphatic heterocycles. The number of hydrogen-bond acceptors (Lipinski definition) is 3. The van der Waals surface area contributed by atoms with Crippen molar-refractivity contribution in [3.8, 4) is 0 Å². The Morgan fingerprint density at radius 3 is 2.73 bits per heavy atom. The van der Waals surface area contributed by atoms with Crippen LogP contribution in [0.1, 0.15) is 46.0 Å². The summed E-state index contributed by atoms with van der Waals surface area (Å²) in [7, 11) is 0. The van der Waals surface area contributed by atoms with Crippen molar-refractivity contribution in [1.82, 2.24) is 10.3 Å². The number of hydrogen-bond donors (Lipinski definition) is 2. The zero-order chi connectivity index (χ0) is 15.9. The molecule has 0 unspecified atom stereocenters. The molecule has 2 rings (SSSR count). The van der Waals surface area contributed by atoms with Crippen LogP contribution in [0.4, 0.5) is 5.69 Å². The van der Waals surface area contributed by atoms with Crippen LogP contribution in [0.15, 0.2) is 24.5 Å². The first-order chi connectivity index (χ1) is 10.6. The van der Waals surface area contributed by atoms with Gasteiger partial charge in [0.2, 0.25) is 11.8 Å². The highest BCUT2D eigenvalue weighted by Crippen LogP contribution is 2.29. The molecule has 5 nitrogen and oxygen atoms in total. The van der Waals surface area contributed by atoms with Gasteiger partial charge in [-0.1, -0.05) is 26.7 Å². The van der Waals surface area contributed by atoms with Gasteiger partial charge in [-0.15, -0.1) is 0 Å². The highest BCUT2D eigenvalue weighted by molar-refractivity contribution is 5.93. The number of nitrogens with zero attached hydrogens (tertiary/aromatic N) is 1. The molecule has 0 aromatic carbocycles. The fraction of sp³-hybridized carbons (Fsp3) is 0.588. The van der Waals surface area contributed by atoms with Crippen LogP contribution in [0, 0.1) is 11.8 Å². The number of nitrogens with one attached hydrogen (secondary N) is 2. The fourth-order valence-corrected chi connectivity index (χ4v) is 2.95. The van der Waals surface area contributed by atoms with Crippen LogP contribution < -0.4 is 10.6 Å². The van der Waals surface area contributed by atoms with E-state index in [9.17, 15) is 9.59 Å². The average molecular weight is 303 g/mol. The Morgan fingerprint density at radius 2 is 2.00 bits per heavy atom. The molecule has 120 valence electrons. The van der Waals surface area contributed by atoms with Gasteiger partial charge < -0.3 is 10.6 Å². The van der Waals surface area contributed by atoms with Crippen molar-refractivity contribution in [3.63, 3.8) is 0 Å². The highest BCUT2D eigenvalue weighted by atomic mass is 16.2. The van der Waals surface area contributed by atoms with E-state index in [0.717, 1.165) is 12.8 Å². The zero-order valence-corrected chi connectivity index (χ0v) is 13.3. The Balaban J connectivity index is 1.72. The number of rotatable bonds is 5. The predicted octanol–water partition coefficient (Wildman–Crippen LogP) is 2.74. The third kappa shape index (κ3) is 4.83. The largest absolute Gasteiger partial charge is 0.353 e. The van der Waals surface area contributed by atoms with E-state index >= 15 is 0 Å². The summed E-state index contributed by atoms with van der Waals surface area (Å²) in [6, 6.07) is 3.78. The maximum atomic E-state index is 12.0. The molecule has 1 heterocycles. The molecule has 5 heteroatoms. The Kier molecular flexibility index (Phi) is 5.92. The minimum atomic E-state index is -0.159. The summed E-state index contributed by atoms with van der Waals surface area (Å²) in [6.45, 7) is 4.44. The van der Waals surface area contributed by atoms with Crippen LogP contribution in [0.2, 0.25) is 0 Å². The summed E-state index contributed by atoms with van der Waals surface area (Å²) < 4.78 is 0. The second kappa shape index (κ2) is 7.92. The topological polar surface area (TPSA) is 71.1 Å². The second-order valence-electron chi connectivity index (χ2n) is 6.23. The summed E-state index contributed by atoms with van der Waals surface area (Å²) in [5.41, 5.74) is 0.655. The molecule has 1 aliphatic carbocycles. The summed E-state index contributed by atoms with van der Waals surface area (Å²) >= 11 is 0. The molecule has 3 atom stereocenters. The maximum absolute atomic E-state index is 12.0. The van der Waals surface area contributed by atoms with Crippen LogP contribution in [0.5, 0.6) is 0 Å². The van der Waals surface area contributed by atoms with E-state index in [1.807, 2.05) is 0 Å². The van der Waals surface area contributed by atoms with Crippen LogP contribution in [-0.4, -0.2) is 22.8 Å². The van der Waals surface area contributed by atoms with Crippen LogP contribution in [0.3, 0.4) is 0 Å². The third-order valence-electron chi connectivity index (χ3n) is 4.58. The van der Waals surface area contributed by atoms with Gasteiger partial charge in [0.25, 0.3) is 0 Å². The number of carbonyl (C=O) groups is 2. The van der Waals surface area contributed by atoms with Gasteiger partial charge >= 0.3 is 0 Å². The molecule has 1 saturated carbocycles. The van der Waals surface area contributed by atoms with Gasteiger partial charge in [-0.3, -0.25) is 14.6 Å². The number of pyridine rings is 1. The molecular formula is C17H25N3O2. The third-order valence-corrected chi connectivity index (χ3v) is 4.58. The fourth-order valence-electron chi connectivity index (χ4n) is 2.95. The number of carbonyl (C=O) groups excluding carboxylic acids is 2. The SMILES string of the molecule is C[C@H]1[C@H](C)CCC[C@H]1NC(=O)CCC(=O)Nc1cccnc1. The molecule has 22 heavy (non-hydrogen) atoms. The Morgan fingerprint density at radius 1 is 1.23 bits per heavy atom. The Bertz CT molecular complexity index is 504. The van der Waals surface area contributed by atoms with Crippen molar-refractivity contribution < 1.29 is 9.59 Å². The smallest absolute Gasteiger partial charge is 0.224 e. The monoisotopic (exact) mass is 303 g/mol. The van der Waals surface area contributed by atoms with E-state index in [0.29, 0.717) is 17.5 Å². The summed E-state index contributed by atoms with van der Waals surface area (Å²) in [4.78, 5) is 27.8. The van der Waals surface area contributed by atoms with Gasteiger partial charge in [0, 0.05) is 25.1 Å². The minimum Gasteiger partial charge on any atom is -0.353 e. The van der Waals surface area contributed by atoms with Crippen LogP contribution >= 0.6 is 0 Å².